The van der Waals surface area contributed by atoms with Crippen molar-refractivity contribution in [2.75, 3.05) is 45.6 Å². The van der Waals surface area contributed by atoms with Crippen molar-refractivity contribution < 1.29 is 19.0 Å². The Morgan fingerprint density at radius 2 is 1.83 bits per heavy atom. The van der Waals surface area contributed by atoms with Crippen molar-refractivity contribution in [3.05, 3.63) is 42.0 Å². The van der Waals surface area contributed by atoms with Crippen LogP contribution in [0.15, 0.2) is 46.2 Å². The van der Waals surface area contributed by atoms with Crippen LogP contribution in [0.25, 0.3) is 0 Å². The molecule has 1 aliphatic rings. The maximum atomic E-state index is 12.6. The van der Waals surface area contributed by atoms with E-state index in [1.165, 1.54) is 4.90 Å². The van der Waals surface area contributed by atoms with Crippen molar-refractivity contribution in [3.8, 4) is 11.5 Å². The number of anilines is 1. The molecule has 0 saturated heterocycles. The molecule has 2 aromatic carbocycles. The van der Waals surface area contributed by atoms with Crippen LogP contribution in [0.5, 0.6) is 11.5 Å². The van der Waals surface area contributed by atoms with Crippen LogP contribution in [0, 0.1) is 0 Å². The minimum atomic E-state index is -0.168. The van der Waals surface area contributed by atoms with Crippen LogP contribution in [0.1, 0.15) is 5.56 Å². The first-order valence-corrected chi connectivity index (χ1v) is 11.1. The number of fused-ring (bicyclic) bond motifs is 1. The van der Waals surface area contributed by atoms with Crippen LogP contribution in [-0.4, -0.2) is 52.1 Å². The molecule has 1 heterocycles. The zero-order chi connectivity index (χ0) is 20.8. The summed E-state index contributed by atoms with van der Waals surface area (Å²) >= 11 is 3.33. The van der Waals surface area contributed by atoms with Crippen molar-refractivity contribution in [2.24, 2.45) is 0 Å². The van der Waals surface area contributed by atoms with Gasteiger partial charge in [-0.3, -0.25) is 4.79 Å². The third-order valence-corrected chi connectivity index (χ3v) is 6.78. The Balaban J connectivity index is 1.58. The molecule has 1 N–H and O–H groups in total. The molecule has 1 aliphatic heterocycles. The van der Waals surface area contributed by atoms with Gasteiger partial charge in [-0.25, -0.2) is 0 Å². The van der Waals surface area contributed by atoms with E-state index in [0.29, 0.717) is 17.9 Å². The maximum Gasteiger partial charge on any atom is 0.226 e. The van der Waals surface area contributed by atoms with Gasteiger partial charge in [0.05, 0.1) is 32.9 Å². The first kappa shape index (κ1) is 21.7. The van der Waals surface area contributed by atoms with Crippen LogP contribution in [0.4, 0.5) is 5.69 Å². The number of ether oxygens (including phenoxy) is 3. The average molecular weight is 435 g/mol. The van der Waals surface area contributed by atoms with E-state index in [4.69, 9.17) is 14.2 Å². The lowest BCUT2D eigenvalue weighted by atomic mass is 10.1. The highest BCUT2D eigenvalue weighted by molar-refractivity contribution is 8.00. The van der Waals surface area contributed by atoms with Crippen LogP contribution in [-0.2, 0) is 16.0 Å². The van der Waals surface area contributed by atoms with E-state index >= 15 is 0 Å². The second kappa shape index (κ2) is 10.1. The third kappa shape index (κ3) is 5.32. The predicted octanol–water partition coefficient (Wildman–Crippen LogP) is 3.63. The van der Waals surface area contributed by atoms with Gasteiger partial charge in [-0.1, -0.05) is 23.9 Å². The Morgan fingerprint density at radius 3 is 2.48 bits per heavy atom. The topological polar surface area (TPSA) is 60.0 Å². The number of nitrogens with one attached hydrogen (secondary N) is 1. The maximum absolute atomic E-state index is 12.6. The quantitative estimate of drug-likeness (QED) is 0.478. The summed E-state index contributed by atoms with van der Waals surface area (Å²) < 4.78 is 15.8. The van der Waals surface area contributed by atoms with Gasteiger partial charge >= 0.3 is 0 Å². The van der Waals surface area contributed by atoms with E-state index in [2.05, 4.69) is 5.32 Å². The van der Waals surface area contributed by atoms with Gasteiger partial charge in [-0.05, 0) is 23.8 Å². The molecule has 1 atom stereocenters. The van der Waals surface area contributed by atoms with Gasteiger partial charge in [0.1, 0.15) is 0 Å². The smallest absolute Gasteiger partial charge is 0.226 e. The molecule has 0 aromatic heterocycles. The molecule has 1 amide bonds. The number of carbonyl (C=O) groups is 1. The number of nitrogens with zero attached hydrogens (tertiary/aromatic N) is 1. The number of rotatable bonds is 9. The van der Waals surface area contributed by atoms with E-state index in [1.807, 2.05) is 48.3 Å². The summed E-state index contributed by atoms with van der Waals surface area (Å²) in [6.07, 6.45) is 0.344. The van der Waals surface area contributed by atoms with Crippen molar-refractivity contribution in [2.45, 2.75) is 21.7 Å². The summed E-state index contributed by atoms with van der Waals surface area (Å²) in [6.45, 7) is 0.724. The van der Waals surface area contributed by atoms with E-state index < -0.39 is 0 Å². The fourth-order valence-corrected chi connectivity index (χ4v) is 5.01. The fraction of sp³-hybridized carbons (Fsp3) is 0.381. The molecule has 29 heavy (non-hydrogen) atoms. The highest BCUT2D eigenvalue weighted by Crippen LogP contribution is 2.46. The first-order valence-electron chi connectivity index (χ1n) is 9.21. The molecule has 1 unspecified atom stereocenters. The van der Waals surface area contributed by atoms with Gasteiger partial charge < -0.3 is 24.4 Å². The minimum absolute atomic E-state index is 0.0131. The number of thioether (sulfide) groups is 2. The van der Waals surface area contributed by atoms with E-state index in [1.54, 1.807) is 44.9 Å². The molecule has 3 rings (SSSR count). The standard InChI is InChI=1S/C21H26N2O4S2/c1-23-16-12-17(26-3)18(27-4)13-19(16)29-21(23)22-20(24)11-14-5-7-15(8-6-14)28-10-9-25-2/h5-8,12-13,21H,9-11H2,1-4H3,(H,22,24). The normalized spacial score (nSPS) is 15.2. The monoisotopic (exact) mass is 434 g/mol. The van der Waals surface area contributed by atoms with E-state index in [-0.39, 0.29) is 11.4 Å². The lowest BCUT2D eigenvalue weighted by Crippen LogP contribution is -2.42. The molecule has 156 valence electrons. The van der Waals surface area contributed by atoms with Crippen molar-refractivity contribution in [3.63, 3.8) is 0 Å². The van der Waals surface area contributed by atoms with E-state index in [0.717, 1.165) is 28.5 Å². The van der Waals surface area contributed by atoms with Crippen LogP contribution in [0.3, 0.4) is 0 Å². The Labute approximate surface area is 180 Å². The Morgan fingerprint density at radius 1 is 1.14 bits per heavy atom. The molecule has 2 aromatic rings. The van der Waals surface area contributed by atoms with Gasteiger partial charge in [0.25, 0.3) is 0 Å². The number of benzene rings is 2. The van der Waals surface area contributed by atoms with Crippen LogP contribution < -0.4 is 19.7 Å². The second-order valence-electron chi connectivity index (χ2n) is 6.49. The minimum Gasteiger partial charge on any atom is -0.493 e. The van der Waals surface area contributed by atoms with E-state index in [9.17, 15) is 4.79 Å². The Bertz CT molecular complexity index is 845. The molecule has 0 fully saturated rings. The molecule has 0 bridgehead atoms. The Kier molecular flexibility index (Phi) is 7.57. The zero-order valence-electron chi connectivity index (χ0n) is 17.1. The van der Waals surface area contributed by atoms with Gasteiger partial charge in [-0.2, -0.15) is 0 Å². The van der Waals surface area contributed by atoms with Crippen molar-refractivity contribution in [1.82, 2.24) is 5.32 Å². The summed E-state index contributed by atoms with van der Waals surface area (Å²) in [4.78, 5) is 16.8. The number of hydrogen-bond acceptors (Lipinski definition) is 7. The molecule has 0 spiro atoms. The first-order chi connectivity index (χ1) is 14.0. The predicted molar refractivity (Wildman–Crippen MR) is 118 cm³/mol. The fourth-order valence-electron chi connectivity index (χ4n) is 2.99. The summed E-state index contributed by atoms with van der Waals surface area (Å²) in [5, 5.41) is 3.10. The zero-order valence-corrected chi connectivity index (χ0v) is 18.7. The van der Waals surface area contributed by atoms with Crippen LogP contribution >= 0.6 is 23.5 Å². The molecule has 0 radical (unpaired) electrons. The van der Waals surface area contributed by atoms with Crippen molar-refractivity contribution in [1.29, 1.82) is 0 Å². The number of hydrogen-bond donors (Lipinski definition) is 1. The van der Waals surface area contributed by atoms with Gasteiger partial charge in [-0.15, -0.1) is 11.8 Å². The largest absolute Gasteiger partial charge is 0.493 e. The molecule has 0 aliphatic carbocycles. The highest BCUT2D eigenvalue weighted by Gasteiger charge is 2.30. The van der Waals surface area contributed by atoms with Gasteiger partial charge in [0.2, 0.25) is 5.91 Å². The molecular weight excluding hydrogens is 408 g/mol. The number of methoxy groups -OCH3 is 3. The summed E-state index contributed by atoms with van der Waals surface area (Å²) in [5.74, 6) is 2.26. The number of amides is 1. The summed E-state index contributed by atoms with van der Waals surface area (Å²) in [7, 11) is 6.90. The number of carbonyl (C=O) groups excluding carboxylic acids is 1. The molecule has 6 nitrogen and oxygen atoms in total. The van der Waals surface area contributed by atoms with Gasteiger partial charge in [0.15, 0.2) is 17.0 Å². The lowest BCUT2D eigenvalue weighted by molar-refractivity contribution is -0.120. The van der Waals surface area contributed by atoms with Gasteiger partial charge in [0, 0.05) is 35.8 Å². The summed E-state index contributed by atoms with van der Waals surface area (Å²) in [6, 6.07) is 12.0. The van der Waals surface area contributed by atoms with Crippen molar-refractivity contribution >= 4 is 35.1 Å². The third-order valence-electron chi connectivity index (χ3n) is 4.56. The Hall–Kier alpha value is -2.03. The average Bonchev–Trinajstić information content (AvgIpc) is 3.02. The lowest BCUT2D eigenvalue weighted by Gasteiger charge is -2.22. The highest BCUT2D eigenvalue weighted by atomic mass is 32.2. The summed E-state index contributed by atoms with van der Waals surface area (Å²) in [5.41, 5.74) is 1.83. The molecular formula is C21H26N2O4S2. The SMILES string of the molecule is COCCSc1ccc(CC(=O)NC2Sc3cc(OC)c(OC)cc3N2C)cc1. The molecule has 0 saturated carbocycles. The van der Waals surface area contributed by atoms with Crippen LogP contribution in [0.2, 0.25) is 0 Å². The molecule has 8 heteroatoms. The second-order valence-corrected chi connectivity index (χ2v) is 8.78.